The van der Waals surface area contributed by atoms with Crippen molar-refractivity contribution in [2.45, 2.75) is 20.3 Å². The number of hydrogen-bond acceptors (Lipinski definition) is 2. The number of ether oxygens (including phenoxy) is 1. The van der Waals surface area contributed by atoms with Crippen LogP contribution in [0.2, 0.25) is 5.02 Å². The summed E-state index contributed by atoms with van der Waals surface area (Å²) in [4.78, 5) is 12.4. The average Bonchev–Trinajstić information content (AvgIpc) is 2.50. The van der Waals surface area contributed by atoms with Crippen molar-refractivity contribution in [3.05, 3.63) is 58.1 Å². The number of halogens is 1. The predicted octanol–water partition coefficient (Wildman–Crippen LogP) is 4.15. The van der Waals surface area contributed by atoms with Crippen molar-refractivity contribution in [3.63, 3.8) is 0 Å². The van der Waals surface area contributed by atoms with E-state index >= 15 is 0 Å². The largest absolute Gasteiger partial charge is 0.492 e. The summed E-state index contributed by atoms with van der Waals surface area (Å²) >= 11 is 6.01. The van der Waals surface area contributed by atoms with Gasteiger partial charge in [0.15, 0.2) is 0 Å². The summed E-state index contributed by atoms with van der Waals surface area (Å²) in [5.41, 5.74) is 4.18. The van der Waals surface area contributed by atoms with Crippen LogP contribution in [0, 0.1) is 19.8 Å². The standard InChI is InChI=1S/C18H18ClNO2/c1-11-3-5-16(7-12(11)2)20-18(21)14-8-13-9-15(19)4-6-17(13)22-10-14/h3-7,9,14H,8,10H2,1-2H3,(H,20,21)/t14-/m1/s1. The second-order valence-corrected chi connectivity index (χ2v) is 6.19. The van der Waals surface area contributed by atoms with Gasteiger partial charge in [-0.2, -0.15) is 0 Å². The zero-order chi connectivity index (χ0) is 15.7. The van der Waals surface area contributed by atoms with Crippen molar-refractivity contribution in [3.8, 4) is 5.75 Å². The van der Waals surface area contributed by atoms with Crippen molar-refractivity contribution in [1.29, 1.82) is 0 Å². The first-order valence-corrected chi connectivity index (χ1v) is 7.70. The van der Waals surface area contributed by atoms with Crippen LogP contribution in [0.4, 0.5) is 5.69 Å². The van der Waals surface area contributed by atoms with E-state index in [4.69, 9.17) is 16.3 Å². The minimum atomic E-state index is -0.201. The lowest BCUT2D eigenvalue weighted by Gasteiger charge is -2.24. The molecule has 114 valence electrons. The Balaban J connectivity index is 1.72. The van der Waals surface area contributed by atoms with Gasteiger partial charge in [0.25, 0.3) is 0 Å². The lowest BCUT2D eigenvalue weighted by molar-refractivity contribution is -0.121. The molecule has 4 heteroatoms. The van der Waals surface area contributed by atoms with E-state index in [1.54, 1.807) is 6.07 Å². The van der Waals surface area contributed by atoms with Gasteiger partial charge >= 0.3 is 0 Å². The Kier molecular flexibility index (Phi) is 4.08. The molecule has 0 spiro atoms. The van der Waals surface area contributed by atoms with Gasteiger partial charge in [0.2, 0.25) is 5.91 Å². The molecule has 3 nitrogen and oxygen atoms in total. The number of fused-ring (bicyclic) bond motifs is 1. The number of rotatable bonds is 2. The van der Waals surface area contributed by atoms with E-state index in [0.29, 0.717) is 18.1 Å². The van der Waals surface area contributed by atoms with Gasteiger partial charge in [0.05, 0.1) is 5.92 Å². The van der Waals surface area contributed by atoms with Gasteiger partial charge in [-0.05, 0) is 67.3 Å². The third-order valence-corrected chi connectivity index (χ3v) is 4.31. The molecule has 1 amide bonds. The smallest absolute Gasteiger partial charge is 0.231 e. The van der Waals surface area contributed by atoms with Gasteiger partial charge in [-0.1, -0.05) is 17.7 Å². The number of anilines is 1. The highest BCUT2D eigenvalue weighted by atomic mass is 35.5. The summed E-state index contributed by atoms with van der Waals surface area (Å²) in [6.45, 7) is 4.48. The normalized spacial score (nSPS) is 16.6. The van der Waals surface area contributed by atoms with E-state index < -0.39 is 0 Å². The molecular weight excluding hydrogens is 298 g/mol. The van der Waals surface area contributed by atoms with Crippen LogP contribution in [0.15, 0.2) is 36.4 Å². The van der Waals surface area contributed by atoms with Crippen LogP contribution < -0.4 is 10.1 Å². The molecule has 0 saturated carbocycles. The Bertz CT molecular complexity index is 727. The van der Waals surface area contributed by atoms with E-state index in [0.717, 1.165) is 22.6 Å². The van der Waals surface area contributed by atoms with Gasteiger partial charge in [-0.25, -0.2) is 0 Å². The molecule has 0 aliphatic carbocycles. The summed E-state index contributed by atoms with van der Waals surface area (Å²) in [5, 5.41) is 3.64. The predicted molar refractivity (Wildman–Crippen MR) is 88.7 cm³/mol. The van der Waals surface area contributed by atoms with Crippen molar-refractivity contribution >= 4 is 23.2 Å². The molecule has 1 aliphatic rings. The molecule has 1 atom stereocenters. The van der Waals surface area contributed by atoms with Crippen LogP contribution in [0.1, 0.15) is 16.7 Å². The Labute approximate surface area is 135 Å². The molecule has 0 radical (unpaired) electrons. The first kappa shape index (κ1) is 14.9. The quantitative estimate of drug-likeness (QED) is 0.904. The van der Waals surface area contributed by atoms with Crippen LogP contribution in [-0.2, 0) is 11.2 Å². The monoisotopic (exact) mass is 315 g/mol. The molecule has 0 unspecified atom stereocenters. The lowest BCUT2D eigenvalue weighted by Crippen LogP contribution is -2.32. The van der Waals surface area contributed by atoms with E-state index in [1.165, 1.54) is 5.56 Å². The number of nitrogens with one attached hydrogen (secondary N) is 1. The summed E-state index contributed by atoms with van der Waals surface area (Å²) in [5.74, 6) is 0.598. The number of aryl methyl sites for hydroxylation is 2. The molecule has 0 fully saturated rings. The van der Waals surface area contributed by atoms with Gasteiger partial charge in [0.1, 0.15) is 12.4 Å². The van der Waals surface area contributed by atoms with Crippen LogP contribution >= 0.6 is 11.6 Å². The molecule has 3 rings (SSSR count). The van der Waals surface area contributed by atoms with Crippen molar-refractivity contribution in [1.82, 2.24) is 0 Å². The average molecular weight is 316 g/mol. The molecule has 2 aromatic carbocycles. The first-order valence-electron chi connectivity index (χ1n) is 7.32. The van der Waals surface area contributed by atoms with E-state index in [2.05, 4.69) is 12.2 Å². The minimum Gasteiger partial charge on any atom is -0.492 e. The van der Waals surface area contributed by atoms with E-state index in [9.17, 15) is 4.79 Å². The Morgan fingerprint density at radius 3 is 2.77 bits per heavy atom. The molecule has 1 aliphatic heterocycles. The maximum atomic E-state index is 12.4. The first-order chi connectivity index (χ1) is 10.5. The fraction of sp³-hybridized carbons (Fsp3) is 0.278. The molecule has 0 saturated heterocycles. The molecule has 22 heavy (non-hydrogen) atoms. The number of benzene rings is 2. The zero-order valence-electron chi connectivity index (χ0n) is 12.7. The molecule has 1 N–H and O–H groups in total. The van der Waals surface area contributed by atoms with Crippen LogP contribution in [0.25, 0.3) is 0 Å². The van der Waals surface area contributed by atoms with E-state index in [1.807, 2.05) is 37.3 Å². The third kappa shape index (κ3) is 3.09. The van der Waals surface area contributed by atoms with Crippen molar-refractivity contribution in [2.24, 2.45) is 5.92 Å². The van der Waals surface area contributed by atoms with Gasteiger partial charge in [-0.3, -0.25) is 4.79 Å². The van der Waals surface area contributed by atoms with Gasteiger partial charge in [0, 0.05) is 10.7 Å². The third-order valence-electron chi connectivity index (χ3n) is 4.07. The van der Waals surface area contributed by atoms with Crippen molar-refractivity contribution in [2.75, 3.05) is 11.9 Å². The molecule has 1 heterocycles. The van der Waals surface area contributed by atoms with Crippen LogP contribution in [0.5, 0.6) is 5.75 Å². The fourth-order valence-electron chi connectivity index (χ4n) is 2.59. The fourth-order valence-corrected chi connectivity index (χ4v) is 2.79. The number of amides is 1. The lowest BCUT2D eigenvalue weighted by atomic mass is 9.96. The highest BCUT2D eigenvalue weighted by molar-refractivity contribution is 6.30. The molecule has 0 bridgehead atoms. The second-order valence-electron chi connectivity index (χ2n) is 5.75. The maximum Gasteiger partial charge on any atom is 0.231 e. The number of carbonyl (C=O) groups is 1. The highest BCUT2D eigenvalue weighted by Gasteiger charge is 2.26. The summed E-state index contributed by atoms with van der Waals surface area (Å²) in [6.07, 6.45) is 0.645. The maximum absolute atomic E-state index is 12.4. The van der Waals surface area contributed by atoms with Crippen LogP contribution in [-0.4, -0.2) is 12.5 Å². The Morgan fingerprint density at radius 2 is 2.00 bits per heavy atom. The zero-order valence-corrected chi connectivity index (χ0v) is 13.4. The minimum absolute atomic E-state index is 0.0196. The van der Waals surface area contributed by atoms with E-state index in [-0.39, 0.29) is 11.8 Å². The number of hydrogen-bond donors (Lipinski definition) is 1. The Morgan fingerprint density at radius 1 is 1.18 bits per heavy atom. The SMILES string of the molecule is Cc1ccc(NC(=O)[C@H]2COc3ccc(Cl)cc3C2)cc1C. The molecular formula is C18H18ClNO2. The Hall–Kier alpha value is -2.00. The highest BCUT2D eigenvalue weighted by Crippen LogP contribution is 2.30. The van der Waals surface area contributed by atoms with Gasteiger partial charge in [-0.15, -0.1) is 0 Å². The summed E-state index contributed by atoms with van der Waals surface area (Å²) in [6, 6.07) is 11.4. The van der Waals surface area contributed by atoms with Crippen molar-refractivity contribution < 1.29 is 9.53 Å². The summed E-state index contributed by atoms with van der Waals surface area (Å²) < 4.78 is 5.67. The molecule has 0 aromatic heterocycles. The molecule has 2 aromatic rings. The topological polar surface area (TPSA) is 38.3 Å². The van der Waals surface area contributed by atoms with Crippen LogP contribution in [0.3, 0.4) is 0 Å². The summed E-state index contributed by atoms with van der Waals surface area (Å²) in [7, 11) is 0. The second kappa shape index (κ2) is 6.01. The van der Waals surface area contributed by atoms with Gasteiger partial charge < -0.3 is 10.1 Å². The number of carbonyl (C=O) groups excluding carboxylic acids is 1.